The molecule has 0 bridgehead atoms. The van der Waals surface area contributed by atoms with Gasteiger partial charge in [0.15, 0.2) is 0 Å². The molecule has 0 fully saturated rings. The smallest absolute Gasteiger partial charge is 0.0167 e. The third-order valence-corrected chi connectivity index (χ3v) is 4.42. The van der Waals surface area contributed by atoms with Crippen molar-refractivity contribution in [3.05, 3.63) is 71.7 Å². The number of rotatable bonds is 5. The Morgan fingerprint density at radius 2 is 1.76 bits per heavy atom. The highest BCUT2D eigenvalue weighted by atomic mass is 14.2. The van der Waals surface area contributed by atoms with Crippen LogP contribution in [0.25, 0.3) is 17.2 Å². The Labute approximate surface area is 128 Å². The molecule has 0 saturated carbocycles. The Balaban J connectivity index is 1.92. The predicted molar refractivity (Wildman–Crippen MR) is 91.9 cm³/mol. The summed E-state index contributed by atoms with van der Waals surface area (Å²) in [5.41, 5.74) is 6.90. The Bertz CT molecular complexity index is 634. The number of unbranched alkanes of at least 4 members (excludes halogenated alkanes) is 1. The summed E-state index contributed by atoms with van der Waals surface area (Å²) >= 11 is 0. The third-order valence-electron chi connectivity index (χ3n) is 4.42. The van der Waals surface area contributed by atoms with Gasteiger partial charge in [0.25, 0.3) is 0 Å². The van der Waals surface area contributed by atoms with Crippen molar-refractivity contribution in [2.45, 2.75) is 33.1 Å². The summed E-state index contributed by atoms with van der Waals surface area (Å²) in [6, 6.07) is 17.3. The lowest BCUT2D eigenvalue weighted by Crippen LogP contribution is -1.97. The van der Waals surface area contributed by atoms with Crippen LogP contribution in [0.15, 0.2) is 54.1 Å². The average molecular weight is 275 g/mol. The molecular formula is C21H23. The first kappa shape index (κ1) is 14.1. The summed E-state index contributed by atoms with van der Waals surface area (Å²) in [4.78, 5) is 0. The highest BCUT2D eigenvalue weighted by Crippen LogP contribution is 2.38. The van der Waals surface area contributed by atoms with Gasteiger partial charge in [0.05, 0.1) is 0 Å². The largest absolute Gasteiger partial charge is 0.0654 e. The zero-order valence-electron chi connectivity index (χ0n) is 13.0. The first-order chi connectivity index (χ1) is 10.3. The molecule has 1 atom stereocenters. The maximum atomic E-state index is 2.40. The first-order valence-electron chi connectivity index (χ1n) is 8.04. The fraction of sp³-hybridized carbons (Fsp3) is 0.286. The summed E-state index contributed by atoms with van der Waals surface area (Å²) in [5, 5.41) is 0. The van der Waals surface area contributed by atoms with Gasteiger partial charge in [0.2, 0.25) is 0 Å². The average Bonchev–Trinajstić information content (AvgIpc) is 2.97. The van der Waals surface area contributed by atoms with E-state index in [2.05, 4.69) is 74.9 Å². The van der Waals surface area contributed by atoms with Gasteiger partial charge >= 0.3 is 0 Å². The van der Waals surface area contributed by atoms with Crippen LogP contribution in [0.3, 0.4) is 0 Å². The van der Waals surface area contributed by atoms with Crippen LogP contribution < -0.4 is 0 Å². The van der Waals surface area contributed by atoms with E-state index in [0.29, 0.717) is 5.92 Å². The van der Waals surface area contributed by atoms with Crippen LogP contribution in [0.1, 0.15) is 44.2 Å². The van der Waals surface area contributed by atoms with Crippen LogP contribution in [-0.4, -0.2) is 0 Å². The van der Waals surface area contributed by atoms with Crippen molar-refractivity contribution >= 4 is 6.08 Å². The Morgan fingerprint density at radius 1 is 0.952 bits per heavy atom. The molecule has 0 N–H and O–H groups in total. The zero-order chi connectivity index (χ0) is 14.7. The standard InChI is InChI=1S/C21H23/c1-3-4-9-16(2)19-14-18-12-8-13-20(21(18)15-19)17-10-6-5-7-11-17/h5-8,10-16H,3-4,9H2,1-2H3. The van der Waals surface area contributed by atoms with Crippen molar-refractivity contribution in [1.29, 1.82) is 0 Å². The number of fused-ring (bicyclic) bond motifs is 1. The van der Waals surface area contributed by atoms with Gasteiger partial charge < -0.3 is 0 Å². The highest BCUT2D eigenvalue weighted by Gasteiger charge is 2.20. The molecule has 0 heteroatoms. The highest BCUT2D eigenvalue weighted by molar-refractivity contribution is 5.83. The Kier molecular flexibility index (Phi) is 4.24. The molecule has 3 rings (SSSR count). The fourth-order valence-corrected chi connectivity index (χ4v) is 3.09. The minimum absolute atomic E-state index is 0.654. The molecule has 21 heavy (non-hydrogen) atoms. The van der Waals surface area contributed by atoms with Crippen molar-refractivity contribution in [1.82, 2.24) is 0 Å². The number of allylic oxidation sites excluding steroid dienone is 1. The van der Waals surface area contributed by atoms with Crippen LogP contribution in [-0.2, 0) is 0 Å². The molecule has 1 aliphatic rings. The quantitative estimate of drug-likeness (QED) is 0.615. The normalized spacial score (nSPS) is 14.7. The van der Waals surface area contributed by atoms with E-state index < -0.39 is 0 Å². The minimum Gasteiger partial charge on any atom is -0.0654 e. The van der Waals surface area contributed by atoms with E-state index in [1.165, 1.54) is 47.1 Å². The minimum atomic E-state index is 0.654. The van der Waals surface area contributed by atoms with Gasteiger partial charge in [-0.05, 0) is 34.6 Å². The lowest BCUT2D eigenvalue weighted by Gasteiger charge is -2.11. The van der Waals surface area contributed by atoms with E-state index in [9.17, 15) is 0 Å². The lowest BCUT2D eigenvalue weighted by molar-refractivity contribution is 0.580. The molecule has 0 amide bonds. The second-order valence-corrected chi connectivity index (χ2v) is 6.01. The van der Waals surface area contributed by atoms with E-state index in [1.807, 2.05) is 0 Å². The van der Waals surface area contributed by atoms with E-state index in [-0.39, 0.29) is 0 Å². The molecule has 1 radical (unpaired) electrons. The number of hydrogen-bond acceptors (Lipinski definition) is 0. The molecule has 1 aliphatic carbocycles. The van der Waals surface area contributed by atoms with Crippen LogP contribution >= 0.6 is 0 Å². The molecule has 2 aromatic rings. The molecule has 1 unspecified atom stereocenters. The summed E-state index contributed by atoms with van der Waals surface area (Å²) in [6.45, 7) is 4.62. The third kappa shape index (κ3) is 2.95. The van der Waals surface area contributed by atoms with Crippen LogP contribution in [0.4, 0.5) is 0 Å². The molecule has 107 valence electrons. The number of hydrogen-bond donors (Lipinski definition) is 0. The molecule has 0 nitrogen and oxygen atoms in total. The van der Waals surface area contributed by atoms with Crippen molar-refractivity contribution in [3.63, 3.8) is 0 Å². The summed E-state index contributed by atoms with van der Waals surface area (Å²) in [5.74, 6) is 0.654. The van der Waals surface area contributed by atoms with Gasteiger partial charge in [-0.2, -0.15) is 0 Å². The van der Waals surface area contributed by atoms with E-state index in [4.69, 9.17) is 0 Å². The van der Waals surface area contributed by atoms with E-state index in [0.717, 1.165) is 0 Å². The fourth-order valence-electron chi connectivity index (χ4n) is 3.09. The molecule has 0 heterocycles. The van der Waals surface area contributed by atoms with Crippen LogP contribution in [0.5, 0.6) is 0 Å². The molecule has 2 aromatic carbocycles. The maximum Gasteiger partial charge on any atom is 0.0167 e. The molecule has 0 aliphatic heterocycles. The zero-order valence-corrected chi connectivity index (χ0v) is 13.0. The predicted octanol–water partition coefficient (Wildman–Crippen LogP) is 6.13. The SMILES string of the molecule is CCCCC(C)C1=Cc2c(cccc2-c2ccccc2)[CH]1. The van der Waals surface area contributed by atoms with Gasteiger partial charge in [0, 0.05) is 6.42 Å². The van der Waals surface area contributed by atoms with Crippen molar-refractivity contribution in [2.24, 2.45) is 5.92 Å². The van der Waals surface area contributed by atoms with Gasteiger partial charge in [-0.3, -0.25) is 0 Å². The van der Waals surface area contributed by atoms with Gasteiger partial charge in [-0.15, -0.1) is 0 Å². The first-order valence-corrected chi connectivity index (χ1v) is 8.04. The number of benzene rings is 2. The molecule has 0 saturated heterocycles. The molecule has 0 aromatic heterocycles. The topological polar surface area (TPSA) is 0 Å². The van der Waals surface area contributed by atoms with E-state index >= 15 is 0 Å². The Morgan fingerprint density at radius 3 is 2.52 bits per heavy atom. The summed E-state index contributed by atoms with van der Waals surface area (Å²) < 4.78 is 0. The van der Waals surface area contributed by atoms with Crippen molar-refractivity contribution in [2.75, 3.05) is 0 Å². The second-order valence-electron chi connectivity index (χ2n) is 6.01. The van der Waals surface area contributed by atoms with Crippen molar-refractivity contribution < 1.29 is 0 Å². The van der Waals surface area contributed by atoms with Crippen LogP contribution in [0.2, 0.25) is 0 Å². The van der Waals surface area contributed by atoms with E-state index in [1.54, 1.807) is 0 Å². The summed E-state index contributed by atoms with van der Waals surface area (Å²) in [7, 11) is 0. The van der Waals surface area contributed by atoms with Gasteiger partial charge in [-0.25, -0.2) is 0 Å². The van der Waals surface area contributed by atoms with Gasteiger partial charge in [-0.1, -0.05) is 86.9 Å². The Hall–Kier alpha value is -1.82. The maximum absolute atomic E-state index is 2.40. The summed E-state index contributed by atoms with van der Waals surface area (Å²) in [6.07, 6.45) is 8.65. The lowest BCUT2D eigenvalue weighted by atomic mass is 9.94. The monoisotopic (exact) mass is 275 g/mol. The van der Waals surface area contributed by atoms with Gasteiger partial charge in [0.1, 0.15) is 0 Å². The molecular weight excluding hydrogens is 252 g/mol. The second kappa shape index (κ2) is 6.30. The molecule has 0 spiro atoms. The van der Waals surface area contributed by atoms with Crippen LogP contribution in [0, 0.1) is 12.3 Å². The van der Waals surface area contributed by atoms with Crippen molar-refractivity contribution in [3.8, 4) is 11.1 Å².